The molecule has 1 amide bonds. The predicted molar refractivity (Wildman–Crippen MR) is 96.1 cm³/mol. The second-order valence-corrected chi connectivity index (χ2v) is 6.28. The fourth-order valence-electron chi connectivity index (χ4n) is 2.86. The molecule has 26 heavy (non-hydrogen) atoms. The van der Waals surface area contributed by atoms with Crippen molar-refractivity contribution in [2.75, 3.05) is 45.8 Å². The zero-order valence-electron chi connectivity index (χ0n) is 15.1. The molecule has 1 saturated heterocycles. The summed E-state index contributed by atoms with van der Waals surface area (Å²) in [6.45, 7) is 1.23. The average Bonchev–Trinajstić information content (AvgIpc) is 2.67. The van der Waals surface area contributed by atoms with Crippen LogP contribution in [0.3, 0.4) is 0 Å². The normalized spacial score (nSPS) is 17.1. The highest BCUT2D eigenvalue weighted by atomic mass is 19.1. The fraction of sp³-hybridized carbons (Fsp3) is 0.368. The van der Waals surface area contributed by atoms with Crippen molar-refractivity contribution in [1.82, 2.24) is 9.88 Å². The summed E-state index contributed by atoms with van der Waals surface area (Å²) in [5.74, 6) is 0.157. The van der Waals surface area contributed by atoms with Crippen LogP contribution in [0.4, 0.5) is 10.2 Å². The molecular formula is C19H22FN3O3. The van der Waals surface area contributed by atoms with Gasteiger partial charge in [-0.2, -0.15) is 0 Å². The van der Waals surface area contributed by atoms with Crippen LogP contribution in [0.5, 0.6) is 5.75 Å². The van der Waals surface area contributed by atoms with Crippen molar-refractivity contribution in [3.05, 3.63) is 53.5 Å². The molecule has 0 N–H and O–H groups in total. The van der Waals surface area contributed by atoms with E-state index in [9.17, 15) is 9.18 Å². The van der Waals surface area contributed by atoms with Gasteiger partial charge in [-0.15, -0.1) is 0 Å². The molecule has 1 fully saturated rings. The van der Waals surface area contributed by atoms with Crippen molar-refractivity contribution < 1.29 is 18.7 Å². The number of rotatable bonds is 4. The summed E-state index contributed by atoms with van der Waals surface area (Å²) >= 11 is 0. The highest BCUT2D eigenvalue weighted by Gasteiger charge is 2.27. The highest BCUT2D eigenvalue weighted by molar-refractivity contribution is 5.94. The number of methoxy groups -OCH3 is 1. The Morgan fingerprint density at radius 3 is 2.85 bits per heavy atom. The Balaban J connectivity index is 1.77. The molecule has 2 aromatic rings. The molecule has 0 aliphatic carbocycles. The number of pyridine rings is 1. The lowest BCUT2D eigenvalue weighted by Crippen LogP contribution is -2.42. The summed E-state index contributed by atoms with van der Waals surface area (Å²) in [7, 11) is 5.23. The number of anilines is 1. The molecule has 0 bridgehead atoms. The summed E-state index contributed by atoms with van der Waals surface area (Å²) in [5, 5.41) is 0. The summed E-state index contributed by atoms with van der Waals surface area (Å²) in [6.07, 6.45) is -0.310. The maximum Gasteiger partial charge on any atom is 0.254 e. The Labute approximate surface area is 152 Å². The molecule has 1 aromatic carbocycles. The van der Waals surface area contributed by atoms with E-state index < -0.39 is 5.82 Å². The Morgan fingerprint density at radius 1 is 1.35 bits per heavy atom. The van der Waals surface area contributed by atoms with E-state index in [1.165, 1.54) is 19.2 Å². The van der Waals surface area contributed by atoms with Gasteiger partial charge in [-0.1, -0.05) is 6.07 Å². The van der Waals surface area contributed by atoms with E-state index in [2.05, 4.69) is 4.98 Å². The molecule has 1 aliphatic heterocycles. The zero-order valence-corrected chi connectivity index (χ0v) is 15.1. The average molecular weight is 359 g/mol. The van der Waals surface area contributed by atoms with Crippen molar-refractivity contribution in [1.29, 1.82) is 0 Å². The van der Waals surface area contributed by atoms with Crippen molar-refractivity contribution in [2.45, 2.75) is 6.10 Å². The number of benzene rings is 1. The van der Waals surface area contributed by atoms with Crippen LogP contribution in [-0.2, 0) is 4.74 Å². The Kier molecular flexibility index (Phi) is 5.37. The molecule has 138 valence electrons. The van der Waals surface area contributed by atoms with E-state index in [1.807, 2.05) is 37.2 Å². The molecule has 1 aromatic heterocycles. The van der Waals surface area contributed by atoms with Crippen LogP contribution in [0, 0.1) is 5.82 Å². The summed E-state index contributed by atoms with van der Waals surface area (Å²) in [6, 6.07) is 9.95. The first-order valence-electron chi connectivity index (χ1n) is 8.38. The molecular weight excluding hydrogens is 337 g/mol. The molecule has 0 unspecified atom stereocenters. The van der Waals surface area contributed by atoms with Crippen molar-refractivity contribution in [3.8, 4) is 5.75 Å². The largest absolute Gasteiger partial charge is 0.494 e. The van der Waals surface area contributed by atoms with E-state index >= 15 is 0 Å². The number of hydrogen-bond donors (Lipinski definition) is 0. The second-order valence-electron chi connectivity index (χ2n) is 6.28. The summed E-state index contributed by atoms with van der Waals surface area (Å²) in [5.41, 5.74) is 1.06. The Bertz CT molecular complexity index is 797. The van der Waals surface area contributed by atoms with E-state index in [1.54, 1.807) is 11.0 Å². The number of carbonyl (C=O) groups excluding carboxylic acids is 1. The lowest BCUT2D eigenvalue weighted by Gasteiger charge is -2.33. The van der Waals surface area contributed by atoms with Gasteiger partial charge in [0, 0.05) is 26.2 Å². The van der Waals surface area contributed by atoms with Crippen LogP contribution < -0.4 is 9.64 Å². The van der Waals surface area contributed by atoms with E-state index in [4.69, 9.17) is 9.47 Å². The molecule has 0 saturated carbocycles. The minimum atomic E-state index is -0.552. The maximum atomic E-state index is 13.9. The number of nitrogens with zero attached hydrogens (tertiary/aromatic N) is 3. The lowest BCUT2D eigenvalue weighted by molar-refractivity contribution is -0.0247. The standard InChI is InChI=1S/C19H22FN3O3/c1-22(2)18-6-4-5-15(21-18)17-12-23(9-10-26-17)19(24)13-7-8-16(25-3)14(20)11-13/h4-8,11,17H,9-10,12H2,1-3H3/t17-/m1/s1. The molecule has 3 rings (SSSR count). The lowest BCUT2D eigenvalue weighted by atomic mass is 10.1. The molecule has 1 aliphatic rings. The third-order valence-corrected chi connectivity index (χ3v) is 4.30. The number of hydrogen-bond acceptors (Lipinski definition) is 5. The molecule has 2 heterocycles. The molecule has 6 nitrogen and oxygen atoms in total. The van der Waals surface area contributed by atoms with Crippen molar-refractivity contribution in [2.24, 2.45) is 0 Å². The fourth-order valence-corrected chi connectivity index (χ4v) is 2.86. The number of halogens is 1. The highest BCUT2D eigenvalue weighted by Crippen LogP contribution is 2.25. The Hall–Kier alpha value is -2.67. The minimum absolute atomic E-state index is 0.117. The van der Waals surface area contributed by atoms with Crippen LogP contribution in [0.15, 0.2) is 36.4 Å². The number of carbonyl (C=O) groups is 1. The van der Waals surface area contributed by atoms with E-state index in [0.717, 1.165) is 11.5 Å². The first-order chi connectivity index (χ1) is 12.5. The maximum absolute atomic E-state index is 13.9. The van der Waals surface area contributed by atoms with Gasteiger partial charge in [0.15, 0.2) is 11.6 Å². The zero-order chi connectivity index (χ0) is 18.7. The van der Waals surface area contributed by atoms with Crippen molar-refractivity contribution in [3.63, 3.8) is 0 Å². The third kappa shape index (κ3) is 3.77. The van der Waals surface area contributed by atoms with Crippen LogP contribution in [-0.4, -0.2) is 56.7 Å². The van der Waals surface area contributed by atoms with Crippen LogP contribution in [0.2, 0.25) is 0 Å². The van der Waals surface area contributed by atoms with Gasteiger partial charge in [-0.25, -0.2) is 9.37 Å². The number of morpholine rings is 1. The van der Waals surface area contributed by atoms with Crippen LogP contribution in [0.1, 0.15) is 22.2 Å². The Morgan fingerprint density at radius 2 is 2.15 bits per heavy atom. The van der Waals surface area contributed by atoms with E-state index in [-0.39, 0.29) is 17.8 Å². The monoisotopic (exact) mass is 359 g/mol. The van der Waals surface area contributed by atoms with Crippen LogP contribution >= 0.6 is 0 Å². The van der Waals surface area contributed by atoms with Gasteiger partial charge in [0.2, 0.25) is 0 Å². The van der Waals surface area contributed by atoms with Crippen LogP contribution in [0.25, 0.3) is 0 Å². The summed E-state index contributed by atoms with van der Waals surface area (Å²) < 4.78 is 24.6. The predicted octanol–water partition coefficient (Wildman–Crippen LogP) is 2.51. The topological polar surface area (TPSA) is 54.9 Å². The molecule has 0 radical (unpaired) electrons. The first kappa shape index (κ1) is 18.1. The quantitative estimate of drug-likeness (QED) is 0.840. The number of ether oxygens (including phenoxy) is 2. The van der Waals surface area contributed by atoms with Gasteiger partial charge >= 0.3 is 0 Å². The molecule has 0 spiro atoms. The van der Waals surface area contributed by atoms with Gasteiger partial charge in [0.05, 0.1) is 26.0 Å². The van der Waals surface area contributed by atoms with Gasteiger partial charge in [-0.3, -0.25) is 4.79 Å². The van der Waals surface area contributed by atoms with Gasteiger partial charge in [0.1, 0.15) is 11.9 Å². The molecule has 1 atom stereocenters. The molecule has 7 heteroatoms. The minimum Gasteiger partial charge on any atom is -0.494 e. The number of amides is 1. The second kappa shape index (κ2) is 7.70. The smallest absolute Gasteiger partial charge is 0.254 e. The first-order valence-corrected chi connectivity index (χ1v) is 8.38. The summed E-state index contributed by atoms with van der Waals surface area (Å²) in [4.78, 5) is 20.9. The van der Waals surface area contributed by atoms with Gasteiger partial charge in [0.25, 0.3) is 5.91 Å². The van der Waals surface area contributed by atoms with Gasteiger partial charge in [-0.05, 0) is 30.3 Å². The number of aromatic nitrogens is 1. The van der Waals surface area contributed by atoms with Crippen molar-refractivity contribution >= 4 is 11.7 Å². The van der Waals surface area contributed by atoms with Gasteiger partial charge < -0.3 is 19.3 Å². The SMILES string of the molecule is COc1ccc(C(=O)N2CCO[C@@H](c3cccc(N(C)C)n3)C2)cc1F. The van der Waals surface area contributed by atoms with E-state index in [0.29, 0.717) is 25.3 Å². The third-order valence-electron chi connectivity index (χ3n) is 4.30.